The van der Waals surface area contributed by atoms with Gasteiger partial charge in [-0.15, -0.1) is 0 Å². The molecule has 3 nitrogen and oxygen atoms in total. The van der Waals surface area contributed by atoms with Crippen LogP contribution in [0.25, 0.3) is 23.5 Å². The number of rotatable bonds is 6. The molecule has 0 unspecified atom stereocenters. The van der Waals surface area contributed by atoms with Gasteiger partial charge in [-0.2, -0.15) is 4.57 Å². The van der Waals surface area contributed by atoms with Gasteiger partial charge in [0.1, 0.15) is 7.05 Å². The molecular weight excluding hydrogens is 402 g/mol. The highest BCUT2D eigenvalue weighted by atomic mass is 15.2. The Morgan fingerprint density at radius 3 is 1.36 bits per heavy atom. The molecule has 3 aromatic rings. The highest BCUT2D eigenvalue weighted by molar-refractivity contribution is 5.80. The molecule has 168 valence electrons. The molecule has 0 amide bonds. The van der Waals surface area contributed by atoms with E-state index >= 15 is 0 Å². The summed E-state index contributed by atoms with van der Waals surface area (Å²) in [4.78, 5) is 5.08. The lowest BCUT2D eigenvalue weighted by Gasteiger charge is -2.22. The zero-order valence-corrected chi connectivity index (χ0v) is 19.7. The van der Waals surface area contributed by atoms with Gasteiger partial charge in [-0.05, 0) is 42.9 Å². The molecule has 1 aromatic heterocycles. The first-order valence-electron chi connectivity index (χ1n) is 12.3. The van der Waals surface area contributed by atoms with Crippen molar-refractivity contribution in [2.24, 2.45) is 7.05 Å². The average Bonchev–Trinajstić information content (AvgIpc) is 3.59. The number of aromatic nitrogens is 1. The SMILES string of the molecule is C[n+]1c(/C=C(/c2ccccc2)N2CCCC2)cccc1/C=C(\c1ccccc1)N1CCCC1. The summed E-state index contributed by atoms with van der Waals surface area (Å²) in [6.45, 7) is 4.54. The first-order valence-corrected chi connectivity index (χ1v) is 12.3. The molecule has 5 rings (SSSR count). The molecule has 0 radical (unpaired) electrons. The topological polar surface area (TPSA) is 10.4 Å². The molecule has 0 atom stereocenters. The number of benzene rings is 2. The van der Waals surface area contributed by atoms with Crippen LogP contribution in [0.5, 0.6) is 0 Å². The minimum absolute atomic E-state index is 1.14. The van der Waals surface area contributed by atoms with E-state index in [1.54, 1.807) is 0 Å². The van der Waals surface area contributed by atoms with Crippen LogP contribution in [0.1, 0.15) is 48.2 Å². The standard InChI is InChI=1S/C30H34N3/c1-31-27(23-29(32-19-8-9-20-32)25-13-4-2-5-14-25)17-12-18-28(31)24-30(33-21-10-11-22-33)26-15-6-3-7-16-26/h2-7,12-18,23-24H,8-11,19-22H2,1H3/q+1. The predicted octanol–water partition coefficient (Wildman–Crippen LogP) is 5.70. The normalized spacial score (nSPS) is 17.1. The highest BCUT2D eigenvalue weighted by Gasteiger charge is 2.21. The van der Waals surface area contributed by atoms with E-state index in [1.807, 2.05) is 0 Å². The van der Waals surface area contributed by atoms with Crippen LogP contribution in [0.15, 0.2) is 78.9 Å². The molecule has 0 bridgehead atoms. The van der Waals surface area contributed by atoms with Crippen LogP contribution in [0, 0.1) is 0 Å². The Morgan fingerprint density at radius 1 is 0.576 bits per heavy atom. The molecule has 3 heterocycles. The van der Waals surface area contributed by atoms with Crippen LogP contribution in [-0.4, -0.2) is 36.0 Å². The number of pyridine rings is 1. The van der Waals surface area contributed by atoms with Crippen LogP contribution < -0.4 is 4.57 Å². The van der Waals surface area contributed by atoms with Crippen LogP contribution in [0.4, 0.5) is 0 Å². The molecule has 0 N–H and O–H groups in total. The van der Waals surface area contributed by atoms with E-state index in [2.05, 4.69) is 112 Å². The lowest BCUT2D eigenvalue weighted by molar-refractivity contribution is -0.675. The smallest absolute Gasteiger partial charge is 0.207 e. The molecule has 0 saturated carbocycles. The van der Waals surface area contributed by atoms with Crippen molar-refractivity contribution in [1.29, 1.82) is 0 Å². The van der Waals surface area contributed by atoms with E-state index in [0.29, 0.717) is 0 Å². The first-order chi connectivity index (χ1) is 16.3. The second-order valence-corrected chi connectivity index (χ2v) is 9.11. The van der Waals surface area contributed by atoms with Crippen LogP contribution >= 0.6 is 0 Å². The third kappa shape index (κ3) is 4.88. The Bertz CT molecular complexity index is 1030. The molecule has 2 fully saturated rings. The molecule has 3 heteroatoms. The van der Waals surface area contributed by atoms with Crippen molar-refractivity contribution in [2.75, 3.05) is 26.2 Å². The molecule has 2 aliphatic rings. The minimum Gasteiger partial charge on any atom is -0.371 e. The summed E-state index contributed by atoms with van der Waals surface area (Å²) in [6.07, 6.45) is 9.83. The van der Waals surface area contributed by atoms with Gasteiger partial charge >= 0.3 is 0 Å². The molecule has 0 spiro atoms. The van der Waals surface area contributed by atoms with Gasteiger partial charge in [0.05, 0.1) is 11.4 Å². The van der Waals surface area contributed by atoms with Gasteiger partial charge in [-0.1, -0.05) is 60.7 Å². The number of likely N-dealkylation sites (tertiary alicyclic amines) is 2. The predicted molar refractivity (Wildman–Crippen MR) is 138 cm³/mol. The second kappa shape index (κ2) is 10.1. The van der Waals surface area contributed by atoms with Gasteiger partial charge in [-0.25, -0.2) is 0 Å². The van der Waals surface area contributed by atoms with E-state index in [1.165, 1.54) is 59.6 Å². The molecule has 2 saturated heterocycles. The van der Waals surface area contributed by atoms with Crippen molar-refractivity contribution in [3.8, 4) is 0 Å². The largest absolute Gasteiger partial charge is 0.371 e. The maximum absolute atomic E-state index is 2.54. The lowest BCUT2D eigenvalue weighted by Crippen LogP contribution is -2.36. The van der Waals surface area contributed by atoms with Crippen LogP contribution in [-0.2, 0) is 7.05 Å². The maximum Gasteiger partial charge on any atom is 0.207 e. The Kier molecular flexibility index (Phi) is 6.57. The zero-order valence-electron chi connectivity index (χ0n) is 19.7. The quantitative estimate of drug-likeness (QED) is 0.459. The Balaban J connectivity index is 1.56. The third-order valence-corrected chi connectivity index (χ3v) is 6.91. The zero-order chi connectivity index (χ0) is 22.5. The first kappa shape index (κ1) is 21.5. The Labute approximate surface area is 198 Å². The minimum atomic E-state index is 1.14. The van der Waals surface area contributed by atoms with Gasteiger partial charge in [0.15, 0.2) is 0 Å². The number of nitrogens with zero attached hydrogens (tertiary/aromatic N) is 3. The molecule has 2 aliphatic heterocycles. The molecule has 0 aliphatic carbocycles. The van der Waals surface area contributed by atoms with Gasteiger partial charge < -0.3 is 9.80 Å². The van der Waals surface area contributed by atoms with Crippen molar-refractivity contribution >= 4 is 23.5 Å². The van der Waals surface area contributed by atoms with E-state index in [0.717, 1.165) is 26.2 Å². The fourth-order valence-electron chi connectivity index (χ4n) is 5.04. The van der Waals surface area contributed by atoms with Crippen LogP contribution in [0.3, 0.4) is 0 Å². The number of hydrogen-bond acceptors (Lipinski definition) is 2. The Hall–Kier alpha value is -3.33. The van der Waals surface area contributed by atoms with Gasteiger partial charge in [0, 0.05) is 50.5 Å². The van der Waals surface area contributed by atoms with Crippen molar-refractivity contribution in [1.82, 2.24) is 9.80 Å². The fourth-order valence-corrected chi connectivity index (χ4v) is 5.04. The average molecular weight is 437 g/mol. The summed E-state index contributed by atoms with van der Waals surface area (Å²) in [7, 11) is 2.19. The molecule has 33 heavy (non-hydrogen) atoms. The maximum atomic E-state index is 2.54. The van der Waals surface area contributed by atoms with E-state index in [9.17, 15) is 0 Å². The Morgan fingerprint density at radius 2 is 0.970 bits per heavy atom. The monoisotopic (exact) mass is 436 g/mol. The summed E-state index contributed by atoms with van der Waals surface area (Å²) < 4.78 is 2.33. The summed E-state index contributed by atoms with van der Waals surface area (Å²) in [6, 6.07) is 28.3. The summed E-state index contributed by atoms with van der Waals surface area (Å²) in [5.74, 6) is 0. The van der Waals surface area contributed by atoms with Crippen molar-refractivity contribution in [3.63, 3.8) is 0 Å². The summed E-state index contributed by atoms with van der Waals surface area (Å²) in [5, 5.41) is 0. The highest BCUT2D eigenvalue weighted by Crippen LogP contribution is 2.27. The van der Waals surface area contributed by atoms with Gasteiger partial charge in [0.2, 0.25) is 11.4 Å². The fraction of sp³-hybridized carbons (Fsp3) is 0.300. The van der Waals surface area contributed by atoms with Gasteiger partial charge in [0.25, 0.3) is 0 Å². The second-order valence-electron chi connectivity index (χ2n) is 9.11. The lowest BCUT2D eigenvalue weighted by atomic mass is 10.1. The molecule has 2 aromatic carbocycles. The van der Waals surface area contributed by atoms with E-state index < -0.39 is 0 Å². The van der Waals surface area contributed by atoms with Gasteiger partial charge in [-0.3, -0.25) is 0 Å². The van der Waals surface area contributed by atoms with E-state index in [-0.39, 0.29) is 0 Å². The molecular formula is C30H34N3+. The third-order valence-electron chi connectivity index (χ3n) is 6.91. The summed E-state index contributed by atoms with van der Waals surface area (Å²) >= 11 is 0. The summed E-state index contributed by atoms with van der Waals surface area (Å²) in [5.41, 5.74) is 7.69. The van der Waals surface area contributed by atoms with Crippen molar-refractivity contribution in [2.45, 2.75) is 25.7 Å². The van der Waals surface area contributed by atoms with Crippen LogP contribution in [0.2, 0.25) is 0 Å². The van der Waals surface area contributed by atoms with Crippen molar-refractivity contribution < 1.29 is 4.57 Å². The van der Waals surface area contributed by atoms with E-state index in [4.69, 9.17) is 0 Å². The number of hydrogen-bond donors (Lipinski definition) is 0. The van der Waals surface area contributed by atoms with Crippen molar-refractivity contribution in [3.05, 3.63) is 101 Å².